The number of rotatable bonds is 8. The molecule has 2 amide bonds. The van der Waals surface area contributed by atoms with Crippen molar-refractivity contribution in [2.75, 3.05) is 33.4 Å². The summed E-state index contributed by atoms with van der Waals surface area (Å²) >= 11 is 0. The highest BCUT2D eigenvalue weighted by Gasteiger charge is 2.30. The fourth-order valence-corrected chi connectivity index (χ4v) is 4.43. The molecule has 1 aliphatic rings. The Bertz CT molecular complexity index is 1160. The molecule has 1 aromatic heterocycles. The fraction of sp³-hybridized carbons (Fsp3) is 0.393. The summed E-state index contributed by atoms with van der Waals surface area (Å²) in [5.41, 5.74) is 5.45. The van der Waals surface area contributed by atoms with E-state index in [1.165, 1.54) is 5.56 Å². The number of carbonyl (C=O) groups is 2. The van der Waals surface area contributed by atoms with Gasteiger partial charge in [-0.1, -0.05) is 30.3 Å². The monoisotopic (exact) mass is 474 g/mol. The lowest BCUT2D eigenvalue weighted by Gasteiger charge is -2.31. The number of hydrogen-bond acceptors (Lipinski definition) is 4. The zero-order chi connectivity index (χ0) is 24.8. The average molecular weight is 475 g/mol. The largest absolute Gasteiger partial charge is 0.385 e. The second-order valence-corrected chi connectivity index (χ2v) is 9.17. The first-order chi connectivity index (χ1) is 17.0. The first kappa shape index (κ1) is 24.7. The zero-order valence-corrected chi connectivity index (χ0v) is 20.8. The molecule has 1 N–H and O–H groups in total. The van der Waals surface area contributed by atoms with E-state index in [1.807, 2.05) is 47.5 Å². The highest BCUT2D eigenvalue weighted by molar-refractivity contribution is 6.00. The van der Waals surface area contributed by atoms with Crippen LogP contribution < -0.4 is 5.32 Å². The normalized spacial score (nSPS) is 14.2. The first-order valence-electron chi connectivity index (χ1n) is 12.3. The van der Waals surface area contributed by atoms with Crippen molar-refractivity contribution in [2.24, 2.45) is 5.92 Å². The van der Waals surface area contributed by atoms with Crippen molar-refractivity contribution in [2.45, 2.75) is 33.1 Å². The van der Waals surface area contributed by atoms with Crippen LogP contribution in [0.25, 0.3) is 16.9 Å². The second kappa shape index (κ2) is 11.3. The standard InChI is InChI=1S/C28H34N4O3/c1-20-10-11-23(18-21(20)2)26-25(19-32(30-26)24-8-5-4-6-9-24)28(34)31-15-12-22(13-16-31)27(33)29-14-7-17-35-3/h4-6,8-11,18-19,22H,7,12-17H2,1-3H3,(H,29,33). The number of carbonyl (C=O) groups excluding carboxylic acids is 2. The molecule has 35 heavy (non-hydrogen) atoms. The smallest absolute Gasteiger partial charge is 0.257 e. The van der Waals surface area contributed by atoms with Crippen LogP contribution in [-0.4, -0.2) is 59.8 Å². The lowest BCUT2D eigenvalue weighted by atomic mass is 9.95. The summed E-state index contributed by atoms with van der Waals surface area (Å²) in [6.45, 7) is 6.50. The number of nitrogens with one attached hydrogen (secondary N) is 1. The van der Waals surface area contributed by atoms with Gasteiger partial charge in [0.05, 0.1) is 11.3 Å². The van der Waals surface area contributed by atoms with Crippen LogP contribution in [0, 0.1) is 19.8 Å². The van der Waals surface area contributed by atoms with Crippen molar-refractivity contribution in [1.82, 2.24) is 20.0 Å². The third kappa shape index (κ3) is 5.80. The topological polar surface area (TPSA) is 76.5 Å². The van der Waals surface area contributed by atoms with Gasteiger partial charge in [-0.2, -0.15) is 5.10 Å². The van der Waals surface area contributed by atoms with Crippen LogP contribution in [0.3, 0.4) is 0 Å². The molecule has 1 aliphatic heterocycles. The zero-order valence-electron chi connectivity index (χ0n) is 20.8. The molecule has 7 nitrogen and oxygen atoms in total. The fourth-order valence-electron chi connectivity index (χ4n) is 4.43. The Balaban J connectivity index is 1.52. The summed E-state index contributed by atoms with van der Waals surface area (Å²) in [7, 11) is 1.66. The first-order valence-corrected chi connectivity index (χ1v) is 12.3. The Morgan fingerprint density at radius 2 is 1.80 bits per heavy atom. The van der Waals surface area contributed by atoms with Crippen LogP contribution >= 0.6 is 0 Å². The Hall–Kier alpha value is -3.45. The Kier molecular flexibility index (Phi) is 7.98. The molecule has 0 atom stereocenters. The molecule has 2 heterocycles. The molecular weight excluding hydrogens is 440 g/mol. The van der Waals surface area contributed by atoms with Gasteiger partial charge in [0, 0.05) is 51.0 Å². The van der Waals surface area contributed by atoms with E-state index in [2.05, 4.69) is 31.3 Å². The van der Waals surface area contributed by atoms with Gasteiger partial charge in [-0.05, 0) is 62.4 Å². The Morgan fingerprint density at radius 1 is 1.06 bits per heavy atom. The quantitative estimate of drug-likeness (QED) is 0.498. The summed E-state index contributed by atoms with van der Waals surface area (Å²) in [5.74, 6) is -0.0341. The summed E-state index contributed by atoms with van der Waals surface area (Å²) in [6, 6.07) is 16.0. The summed E-state index contributed by atoms with van der Waals surface area (Å²) < 4.78 is 6.81. The van der Waals surface area contributed by atoms with E-state index in [4.69, 9.17) is 9.84 Å². The SMILES string of the molecule is COCCCNC(=O)C1CCN(C(=O)c2cn(-c3ccccc3)nc2-c2ccc(C)c(C)c2)CC1. The number of ether oxygens (including phenoxy) is 1. The van der Waals surface area contributed by atoms with Crippen LogP contribution in [0.5, 0.6) is 0 Å². The van der Waals surface area contributed by atoms with Crippen molar-refractivity contribution in [3.8, 4) is 16.9 Å². The summed E-state index contributed by atoms with van der Waals surface area (Å²) in [5, 5.41) is 7.81. The van der Waals surface area contributed by atoms with Gasteiger partial charge >= 0.3 is 0 Å². The molecule has 7 heteroatoms. The summed E-state index contributed by atoms with van der Waals surface area (Å²) in [4.78, 5) is 28.0. The van der Waals surface area contributed by atoms with Crippen molar-refractivity contribution < 1.29 is 14.3 Å². The molecular formula is C28H34N4O3. The third-order valence-corrected chi connectivity index (χ3v) is 6.72. The maximum absolute atomic E-state index is 13.7. The molecule has 1 fully saturated rings. The Morgan fingerprint density at radius 3 is 2.49 bits per heavy atom. The van der Waals surface area contributed by atoms with E-state index in [0.717, 1.165) is 23.2 Å². The van der Waals surface area contributed by atoms with Gasteiger partial charge in [0.25, 0.3) is 5.91 Å². The van der Waals surface area contributed by atoms with Gasteiger partial charge in [-0.3, -0.25) is 9.59 Å². The number of nitrogens with zero attached hydrogens (tertiary/aromatic N) is 3. The van der Waals surface area contributed by atoms with Crippen LogP contribution in [0.15, 0.2) is 54.7 Å². The molecule has 0 saturated carbocycles. The summed E-state index contributed by atoms with van der Waals surface area (Å²) in [6.07, 6.45) is 3.95. The van der Waals surface area contributed by atoms with Crippen molar-refractivity contribution in [1.29, 1.82) is 0 Å². The minimum absolute atomic E-state index is 0.0423. The van der Waals surface area contributed by atoms with Crippen LogP contribution in [-0.2, 0) is 9.53 Å². The average Bonchev–Trinajstić information content (AvgIpc) is 3.34. The van der Waals surface area contributed by atoms with E-state index < -0.39 is 0 Å². The van der Waals surface area contributed by atoms with Crippen molar-refractivity contribution >= 4 is 11.8 Å². The van der Waals surface area contributed by atoms with Gasteiger partial charge in [-0.25, -0.2) is 4.68 Å². The second-order valence-electron chi connectivity index (χ2n) is 9.17. The molecule has 0 radical (unpaired) electrons. The lowest BCUT2D eigenvalue weighted by molar-refractivity contribution is -0.126. The Labute approximate surface area is 207 Å². The van der Waals surface area contributed by atoms with Gasteiger partial charge in [0.15, 0.2) is 0 Å². The van der Waals surface area contributed by atoms with E-state index in [-0.39, 0.29) is 17.7 Å². The molecule has 2 aromatic carbocycles. The van der Waals surface area contributed by atoms with Crippen LogP contribution in [0.1, 0.15) is 40.7 Å². The number of methoxy groups -OCH3 is 1. The number of aromatic nitrogens is 2. The predicted octanol–water partition coefficient (Wildman–Crippen LogP) is 4.16. The molecule has 0 bridgehead atoms. The number of benzene rings is 2. The maximum Gasteiger partial charge on any atom is 0.257 e. The van der Waals surface area contributed by atoms with E-state index >= 15 is 0 Å². The number of para-hydroxylation sites is 1. The molecule has 3 aromatic rings. The third-order valence-electron chi connectivity index (χ3n) is 6.72. The molecule has 1 saturated heterocycles. The molecule has 184 valence electrons. The van der Waals surface area contributed by atoms with Gasteiger partial charge < -0.3 is 15.0 Å². The highest BCUT2D eigenvalue weighted by atomic mass is 16.5. The number of hydrogen-bond donors (Lipinski definition) is 1. The predicted molar refractivity (Wildman–Crippen MR) is 137 cm³/mol. The minimum Gasteiger partial charge on any atom is -0.385 e. The lowest BCUT2D eigenvalue weighted by Crippen LogP contribution is -2.43. The van der Waals surface area contributed by atoms with E-state index in [0.29, 0.717) is 50.3 Å². The number of piperidine rings is 1. The van der Waals surface area contributed by atoms with Crippen molar-refractivity contribution in [3.05, 3.63) is 71.4 Å². The molecule has 4 rings (SSSR count). The van der Waals surface area contributed by atoms with Crippen LogP contribution in [0.4, 0.5) is 0 Å². The molecule has 0 unspecified atom stereocenters. The number of likely N-dealkylation sites (tertiary alicyclic amines) is 1. The van der Waals surface area contributed by atoms with Gasteiger partial charge in [0.1, 0.15) is 5.69 Å². The van der Waals surface area contributed by atoms with Gasteiger partial charge in [0.2, 0.25) is 5.91 Å². The molecule has 0 spiro atoms. The van der Waals surface area contributed by atoms with Gasteiger partial charge in [-0.15, -0.1) is 0 Å². The van der Waals surface area contributed by atoms with E-state index in [9.17, 15) is 9.59 Å². The maximum atomic E-state index is 13.7. The van der Waals surface area contributed by atoms with E-state index in [1.54, 1.807) is 11.8 Å². The minimum atomic E-state index is -0.0622. The number of amides is 2. The van der Waals surface area contributed by atoms with Crippen LogP contribution in [0.2, 0.25) is 0 Å². The molecule has 0 aliphatic carbocycles. The number of aryl methyl sites for hydroxylation is 2. The highest BCUT2D eigenvalue weighted by Crippen LogP contribution is 2.28. The van der Waals surface area contributed by atoms with Crippen molar-refractivity contribution in [3.63, 3.8) is 0 Å².